The first-order valence-corrected chi connectivity index (χ1v) is 9.25. The molecule has 136 valence electrons. The number of aliphatic hydroxyl groups excluding tert-OH is 1. The molecule has 3 rings (SSSR count). The van der Waals surface area contributed by atoms with Gasteiger partial charge in [0.15, 0.2) is 0 Å². The van der Waals surface area contributed by atoms with Crippen LogP contribution in [0.15, 0.2) is 24.3 Å². The molecule has 1 aromatic rings. The highest BCUT2D eigenvalue weighted by Crippen LogP contribution is 2.45. The molecule has 2 aliphatic rings. The summed E-state index contributed by atoms with van der Waals surface area (Å²) >= 11 is 5.81. The number of amides is 2. The maximum Gasteiger partial charge on any atom is 0.229 e. The molecule has 1 spiro atoms. The quantitative estimate of drug-likeness (QED) is 0.814. The van der Waals surface area contributed by atoms with Crippen LogP contribution < -0.4 is 4.74 Å². The molecule has 1 saturated heterocycles. The Balaban J connectivity index is 1.52. The number of carbonyl (C=O) groups excluding carboxylic acids is 2. The van der Waals surface area contributed by atoms with Crippen molar-refractivity contribution in [2.75, 3.05) is 13.2 Å². The first kappa shape index (κ1) is 18.2. The van der Waals surface area contributed by atoms with Gasteiger partial charge in [0.2, 0.25) is 11.8 Å². The van der Waals surface area contributed by atoms with E-state index in [1.54, 1.807) is 24.3 Å². The second-order valence-corrected chi connectivity index (χ2v) is 7.67. The summed E-state index contributed by atoms with van der Waals surface area (Å²) in [5, 5.41) is 10.8. The third-order valence-corrected chi connectivity index (χ3v) is 5.47. The fraction of sp³-hybridized carbons (Fsp3) is 0.579. The fourth-order valence-electron chi connectivity index (χ4n) is 3.88. The lowest BCUT2D eigenvalue weighted by atomic mass is 9.67. The minimum absolute atomic E-state index is 0.0126. The van der Waals surface area contributed by atoms with E-state index in [2.05, 4.69) is 0 Å². The molecule has 0 bridgehead atoms. The molecule has 6 heteroatoms. The van der Waals surface area contributed by atoms with Gasteiger partial charge in [0.1, 0.15) is 18.5 Å². The summed E-state index contributed by atoms with van der Waals surface area (Å²) in [6, 6.07) is 6.81. The summed E-state index contributed by atoms with van der Waals surface area (Å²) in [6.45, 7) is 0.00513. The second kappa shape index (κ2) is 7.75. The van der Waals surface area contributed by atoms with E-state index in [1.807, 2.05) is 0 Å². The van der Waals surface area contributed by atoms with E-state index in [0.29, 0.717) is 23.6 Å². The molecule has 0 aromatic heterocycles. The van der Waals surface area contributed by atoms with E-state index in [4.69, 9.17) is 16.3 Å². The maximum atomic E-state index is 12.5. The summed E-state index contributed by atoms with van der Waals surface area (Å²) in [5.74, 6) is 0.258. The Hall–Kier alpha value is -1.59. The van der Waals surface area contributed by atoms with Crippen LogP contribution in [0.4, 0.5) is 0 Å². The number of aliphatic hydroxyl groups is 1. The molecule has 2 amide bonds. The number of hydrogen-bond acceptors (Lipinski definition) is 4. The van der Waals surface area contributed by atoms with Gasteiger partial charge in [0.05, 0.1) is 6.54 Å². The van der Waals surface area contributed by atoms with Gasteiger partial charge < -0.3 is 9.84 Å². The molecule has 25 heavy (non-hydrogen) atoms. The van der Waals surface area contributed by atoms with Crippen molar-refractivity contribution in [2.24, 2.45) is 5.41 Å². The number of imide groups is 1. The zero-order chi connectivity index (χ0) is 17.9. The number of piperidine rings is 1. The van der Waals surface area contributed by atoms with Gasteiger partial charge in [-0.05, 0) is 42.5 Å². The summed E-state index contributed by atoms with van der Waals surface area (Å²) < 4.78 is 5.49. The number of rotatable bonds is 5. The number of nitrogens with zero attached hydrogens (tertiary/aromatic N) is 1. The fourth-order valence-corrected chi connectivity index (χ4v) is 4.01. The van der Waals surface area contributed by atoms with Crippen LogP contribution in [-0.4, -0.2) is 41.1 Å². The molecule has 2 fully saturated rings. The Labute approximate surface area is 152 Å². The van der Waals surface area contributed by atoms with Crippen molar-refractivity contribution in [1.82, 2.24) is 4.90 Å². The molecule has 1 saturated carbocycles. The highest BCUT2D eigenvalue weighted by molar-refractivity contribution is 6.30. The molecule has 1 aliphatic heterocycles. The number of likely N-dealkylation sites (tertiary alicyclic amines) is 1. The van der Waals surface area contributed by atoms with E-state index in [-0.39, 0.29) is 30.4 Å². The lowest BCUT2D eigenvalue weighted by molar-refractivity contribution is -0.156. The van der Waals surface area contributed by atoms with Gasteiger partial charge >= 0.3 is 0 Å². The van der Waals surface area contributed by atoms with Crippen molar-refractivity contribution >= 4 is 23.4 Å². The summed E-state index contributed by atoms with van der Waals surface area (Å²) in [5.41, 5.74) is -0.131. The average molecular weight is 366 g/mol. The standard InChI is InChI=1S/C19H24ClNO4/c20-14-4-6-16(7-5-14)25-13-15(22)12-21-17(23)10-19(11-18(21)24)8-2-1-3-9-19/h4-7,15,22H,1-3,8-13H2. The Morgan fingerprint density at radius 2 is 1.68 bits per heavy atom. The summed E-state index contributed by atoms with van der Waals surface area (Å²) in [7, 11) is 0. The smallest absolute Gasteiger partial charge is 0.229 e. The van der Waals surface area contributed by atoms with Crippen LogP contribution in [0.1, 0.15) is 44.9 Å². The molecule has 1 aliphatic carbocycles. The Morgan fingerprint density at radius 1 is 1.08 bits per heavy atom. The number of ether oxygens (including phenoxy) is 1. The van der Waals surface area contributed by atoms with Gasteiger partial charge in [0, 0.05) is 17.9 Å². The zero-order valence-corrected chi connectivity index (χ0v) is 15.0. The minimum Gasteiger partial charge on any atom is -0.491 e. The van der Waals surface area contributed by atoms with Crippen molar-refractivity contribution in [1.29, 1.82) is 0 Å². The summed E-state index contributed by atoms with van der Waals surface area (Å²) in [6.07, 6.45) is 5.22. The number of benzene rings is 1. The van der Waals surface area contributed by atoms with Crippen molar-refractivity contribution < 1.29 is 19.4 Å². The van der Waals surface area contributed by atoms with Crippen LogP contribution in [0.2, 0.25) is 5.02 Å². The summed E-state index contributed by atoms with van der Waals surface area (Å²) in [4.78, 5) is 26.1. The number of hydrogen-bond donors (Lipinski definition) is 1. The van der Waals surface area contributed by atoms with Gasteiger partial charge in [-0.25, -0.2) is 0 Å². The molecule has 0 radical (unpaired) electrons. The Morgan fingerprint density at radius 3 is 2.28 bits per heavy atom. The maximum absolute atomic E-state index is 12.5. The molecular formula is C19H24ClNO4. The first-order chi connectivity index (χ1) is 12.0. The van der Waals surface area contributed by atoms with Gasteiger partial charge in [-0.3, -0.25) is 14.5 Å². The SMILES string of the molecule is O=C1CC2(CCCCC2)CC(=O)N1CC(O)COc1ccc(Cl)cc1. The lowest BCUT2D eigenvalue weighted by Gasteiger charge is -2.42. The highest BCUT2D eigenvalue weighted by Gasteiger charge is 2.44. The lowest BCUT2D eigenvalue weighted by Crippen LogP contribution is -2.51. The van der Waals surface area contributed by atoms with Crippen molar-refractivity contribution in [3.8, 4) is 5.75 Å². The van der Waals surface area contributed by atoms with E-state index >= 15 is 0 Å². The van der Waals surface area contributed by atoms with E-state index < -0.39 is 6.10 Å². The van der Waals surface area contributed by atoms with Crippen LogP contribution in [0.3, 0.4) is 0 Å². The third kappa shape index (κ3) is 4.53. The molecule has 1 N–H and O–H groups in total. The first-order valence-electron chi connectivity index (χ1n) is 8.87. The molecule has 1 aromatic carbocycles. The molecule has 1 atom stereocenters. The predicted octanol–water partition coefficient (Wildman–Crippen LogP) is 3.18. The van der Waals surface area contributed by atoms with E-state index in [9.17, 15) is 14.7 Å². The topological polar surface area (TPSA) is 66.8 Å². The Kier molecular flexibility index (Phi) is 5.64. The average Bonchev–Trinajstić information content (AvgIpc) is 2.58. The third-order valence-electron chi connectivity index (χ3n) is 5.22. The van der Waals surface area contributed by atoms with Crippen molar-refractivity contribution in [3.63, 3.8) is 0 Å². The van der Waals surface area contributed by atoms with Gasteiger partial charge in [0.25, 0.3) is 0 Å². The van der Waals surface area contributed by atoms with Crippen LogP contribution >= 0.6 is 11.6 Å². The number of halogens is 1. The Bertz CT molecular complexity index is 605. The second-order valence-electron chi connectivity index (χ2n) is 7.23. The highest BCUT2D eigenvalue weighted by atomic mass is 35.5. The normalized spacial score (nSPS) is 21.4. The van der Waals surface area contributed by atoms with Gasteiger partial charge in [-0.1, -0.05) is 30.9 Å². The van der Waals surface area contributed by atoms with Gasteiger partial charge in [-0.15, -0.1) is 0 Å². The van der Waals surface area contributed by atoms with Crippen molar-refractivity contribution in [2.45, 2.75) is 51.0 Å². The van der Waals surface area contributed by atoms with E-state index in [1.165, 1.54) is 11.3 Å². The molecule has 1 unspecified atom stereocenters. The van der Waals surface area contributed by atoms with Crippen molar-refractivity contribution in [3.05, 3.63) is 29.3 Å². The largest absolute Gasteiger partial charge is 0.491 e. The minimum atomic E-state index is -0.913. The predicted molar refractivity (Wildman–Crippen MR) is 94.4 cm³/mol. The number of β-amino-alcohol motifs (C(OH)–C–C–N with tert-alkyl or cyclic N) is 1. The van der Waals surface area contributed by atoms with Gasteiger partial charge in [-0.2, -0.15) is 0 Å². The molecule has 1 heterocycles. The molecule has 5 nitrogen and oxygen atoms in total. The van der Waals surface area contributed by atoms with Crippen LogP contribution in [-0.2, 0) is 9.59 Å². The van der Waals surface area contributed by atoms with Crippen LogP contribution in [0, 0.1) is 5.41 Å². The van der Waals surface area contributed by atoms with Crippen LogP contribution in [0.5, 0.6) is 5.75 Å². The van der Waals surface area contributed by atoms with Crippen LogP contribution in [0.25, 0.3) is 0 Å². The monoisotopic (exact) mass is 365 g/mol. The number of carbonyl (C=O) groups is 2. The zero-order valence-electron chi connectivity index (χ0n) is 14.2. The van der Waals surface area contributed by atoms with E-state index in [0.717, 1.165) is 25.7 Å². The molecular weight excluding hydrogens is 342 g/mol.